The minimum absolute atomic E-state index is 0.0529. The molecule has 4 heteroatoms. The summed E-state index contributed by atoms with van der Waals surface area (Å²) in [6.45, 7) is 3.51. The van der Waals surface area contributed by atoms with Crippen LogP contribution in [0.1, 0.15) is 31.9 Å². The molecule has 17 heavy (non-hydrogen) atoms. The predicted octanol–water partition coefficient (Wildman–Crippen LogP) is 2.31. The number of benzene rings is 1. The molecule has 1 saturated heterocycles. The molecule has 0 N–H and O–H groups in total. The number of rotatable bonds is 2. The van der Waals surface area contributed by atoms with Gasteiger partial charge in [-0.1, -0.05) is 12.1 Å². The highest BCUT2D eigenvalue weighted by Crippen LogP contribution is 2.34. The van der Waals surface area contributed by atoms with Crippen molar-refractivity contribution >= 4 is 5.91 Å². The van der Waals surface area contributed by atoms with Gasteiger partial charge in [0, 0.05) is 13.3 Å². The van der Waals surface area contributed by atoms with Gasteiger partial charge in [0.2, 0.25) is 5.91 Å². The molecule has 1 heterocycles. The fourth-order valence-corrected chi connectivity index (χ4v) is 2.11. The molecule has 0 bridgehead atoms. The van der Waals surface area contributed by atoms with E-state index in [9.17, 15) is 4.79 Å². The highest BCUT2D eigenvalue weighted by Gasteiger charge is 2.33. The third kappa shape index (κ3) is 2.42. The zero-order valence-electron chi connectivity index (χ0n) is 10.3. The Morgan fingerprint density at radius 1 is 1.53 bits per heavy atom. The Bertz CT molecular complexity index is 419. The lowest BCUT2D eigenvalue weighted by Gasteiger charge is -2.17. The molecular formula is C13H17NO3. The first kappa shape index (κ1) is 11.9. The molecule has 1 aromatic carbocycles. The lowest BCUT2D eigenvalue weighted by atomic mass is 10.0. The third-order valence-corrected chi connectivity index (χ3v) is 2.97. The Morgan fingerprint density at radius 3 is 2.88 bits per heavy atom. The maximum absolute atomic E-state index is 11.3. The van der Waals surface area contributed by atoms with Crippen LogP contribution in [0.3, 0.4) is 0 Å². The summed E-state index contributed by atoms with van der Waals surface area (Å²) in [4.78, 5) is 17.0. The third-order valence-electron chi connectivity index (χ3n) is 2.97. The molecule has 2 unspecified atom stereocenters. The minimum Gasteiger partial charge on any atom is -0.497 e. The summed E-state index contributed by atoms with van der Waals surface area (Å²) in [6.07, 6.45) is 0.747. The Morgan fingerprint density at radius 2 is 2.29 bits per heavy atom. The van der Waals surface area contributed by atoms with Crippen LogP contribution in [0.25, 0.3) is 0 Å². The molecule has 0 aliphatic carbocycles. The highest BCUT2D eigenvalue weighted by atomic mass is 16.7. The van der Waals surface area contributed by atoms with Crippen molar-refractivity contribution in [2.24, 2.45) is 0 Å². The standard InChI is InChI=1S/C13H17NO3/c1-9-7-13(17-14(9)10(2)15)11-5-4-6-12(8-11)16-3/h4-6,8-9,13H,7H2,1-3H3. The van der Waals surface area contributed by atoms with Gasteiger partial charge in [0.15, 0.2) is 0 Å². The van der Waals surface area contributed by atoms with Gasteiger partial charge in [-0.2, -0.15) is 0 Å². The fourth-order valence-electron chi connectivity index (χ4n) is 2.11. The average Bonchev–Trinajstić information content (AvgIpc) is 2.71. The van der Waals surface area contributed by atoms with Crippen LogP contribution >= 0.6 is 0 Å². The number of carbonyl (C=O) groups excluding carboxylic acids is 1. The smallest absolute Gasteiger partial charge is 0.243 e. The van der Waals surface area contributed by atoms with Crippen molar-refractivity contribution < 1.29 is 14.4 Å². The number of nitrogens with zero attached hydrogens (tertiary/aromatic N) is 1. The van der Waals surface area contributed by atoms with Crippen molar-refractivity contribution in [3.8, 4) is 5.75 Å². The maximum atomic E-state index is 11.3. The first-order valence-corrected chi connectivity index (χ1v) is 5.72. The van der Waals surface area contributed by atoms with Gasteiger partial charge in [0.25, 0.3) is 0 Å². The molecule has 1 fully saturated rings. The molecule has 1 aliphatic heterocycles. The van der Waals surface area contributed by atoms with Crippen molar-refractivity contribution in [1.82, 2.24) is 5.06 Å². The van der Waals surface area contributed by atoms with E-state index in [0.29, 0.717) is 0 Å². The van der Waals surface area contributed by atoms with Crippen molar-refractivity contribution in [1.29, 1.82) is 0 Å². The number of ether oxygens (including phenoxy) is 1. The summed E-state index contributed by atoms with van der Waals surface area (Å²) >= 11 is 0. The molecule has 92 valence electrons. The lowest BCUT2D eigenvalue weighted by molar-refractivity contribution is -0.185. The van der Waals surface area contributed by atoms with Crippen LogP contribution in [0.2, 0.25) is 0 Å². The summed E-state index contributed by atoms with van der Waals surface area (Å²) in [5, 5.41) is 1.45. The van der Waals surface area contributed by atoms with Gasteiger partial charge in [0.1, 0.15) is 11.9 Å². The van der Waals surface area contributed by atoms with Crippen LogP contribution in [0.4, 0.5) is 0 Å². The minimum atomic E-state index is -0.0657. The highest BCUT2D eigenvalue weighted by molar-refractivity contribution is 5.72. The van der Waals surface area contributed by atoms with E-state index >= 15 is 0 Å². The number of hydrogen-bond acceptors (Lipinski definition) is 3. The normalized spacial score (nSPS) is 23.8. The van der Waals surface area contributed by atoms with Crippen LogP contribution in [0.5, 0.6) is 5.75 Å². The van der Waals surface area contributed by atoms with E-state index < -0.39 is 0 Å². The van der Waals surface area contributed by atoms with Crippen LogP contribution < -0.4 is 4.74 Å². The second-order valence-corrected chi connectivity index (χ2v) is 4.30. The molecule has 2 atom stereocenters. The van der Waals surface area contributed by atoms with E-state index in [1.807, 2.05) is 31.2 Å². The van der Waals surface area contributed by atoms with E-state index in [0.717, 1.165) is 17.7 Å². The first-order valence-electron chi connectivity index (χ1n) is 5.72. The van der Waals surface area contributed by atoms with Crippen LogP contribution in [-0.2, 0) is 9.63 Å². The molecule has 4 nitrogen and oxygen atoms in total. The largest absolute Gasteiger partial charge is 0.497 e. The Hall–Kier alpha value is -1.55. The molecular weight excluding hydrogens is 218 g/mol. The molecule has 1 aromatic rings. The molecule has 1 aliphatic rings. The van der Waals surface area contributed by atoms with Crippen molar-refractivity contribution in [2.45, 2.75) is 32.4 Å². The van der Waals surface area contributed by atoms with Gasteiger partial charge in [-0.15, -0.1) is 0 Å². The average molecular weight is 235 g/mol. The molecule has 1 amide bonds. The van der Waals surface area contributed by atoms with Gasteiger partial charge in [0.05, 0.1) is 13.2 Å². The van der Waals surface area contributed by atoms with Crippen molar-refractivity contribution in [2.75, 3.05) is 7.11 Å². The number of amides is 1. The van der Waals surface area contributed by atoms with Gasteiger partial charge in [-0.3, -0.25) is 9.63 Å². The fraction of sp³-hybridized carbons (Fsp3) is 0.462. The van der Waals surface area contributed by atoms with E-state index in [1.54, 1.807) is 7.11 Å². The zero-order valence-corrected chi connectivity index (χ0v) is 10.3. The lowest BCUT2D eigenvalue weighted by Crippen LogP contribution is -2.30. The van der Waals surface area contributed by atoms with Crippen molar-refractivity contribution in [3.63, 3.8) is 0 Å². The van der Waals surface area contributed by atoms with Gasteiger partial charge >= 0.3 is 0 Å². The first-order chi connectivity index (χ1) is 8.11. The van der Waals surface area contributed by atoms with E-state index in [4.69, 9.17) is 9.57 Å². The van der Waals surface area contributed by atoms with Gasteiger partial charge in [-0.05, 0) is 24.6 Å². The van der Waals surface area contributed by atoms with Crippen LogP contribution in [-0.4, -0.2) is 24.1 Å². The summed E-state index contributed by atoms with van der Waals surface area (Å²) in [7, 11) is 1.64. The maximum Gasteiger partial charge on any atom is 0.243 e. The topological polar surface area (TPSA) is 38.8 Å². The van der Waals surface area contributed by atoms with Gasteiger partial charge in [-0.25, -0.2) is 5.06 Å². The number of hydroxylamine groups is 2. The number of methoxy groups -OCH3 is 1. The summed E-state index contributed by atoms with van der Waals surface area (Å²) in [5.74, 6) is 0.753. The molecule has 0 aromatic heterocycles. The molecule has 2 rings (SSSR count). The molecule has 0 spiro atoms. The SMILES string of the molecule is COc1cccc(C2CC(C)N(C(C)=O)O2)c1. The van der Waals surface area contributed by atoms with E-state index in [1.165, 1.54) is 12.0 Å². The number of hydrogen-bond donors (Lipinski definition) is 0. The van der Waals surface area contributed by atoms with E-state index in [-0.39, 0.29) is 18.1 Å². The molecule has 0 saturated carbocycles. The van der Waals surface area contributed by atoms with Crippen LogP contribution in [0, 0.1) is 0 Å². The van der Waals surface area contributed by atoms with Crippen molar-refractivity contribution in [3.05, 3.63) is 29.8 Å². The summed E-state index contributed by atoms with van der Waals surface area (Å²) in [5.41, 5.74) is 1.04. The van der Waals surface area contributed by atoms with E-state index in [2.05, 4.69) is 0 Å². The molecule has 0 radical (unpaired) electrons. The Kier molecular flexibility index (Phi) is 3.33. The summed E-state index contributed by atoms with van der Waals surface area (Å²) < 4.78 is 5.18. The monoisotopic (exact) mass is 235 g/mol. The second-order valence-electron chi connectivity index (χ2n) is 4.30. The second kappa shape index (κ2) is 4.75. The predicted molar refractivity (Wildman–Crippen MR) is 63.4 cm³/mol. The van der Waals surface area contributed by atoms with Gasteiger partial charge < -0.3 is 4.74 Å². The number of carbonyl (C=O) groups is 1. The Labute approximate surface area is 101 Å². The quantitative estimate of drug-likeness (QED) is 0.789. The Balaban J connectivity index is 2.16. The zero-order chi connectivity index (χ0) is 12.4. The summed E-state index contributed by atoms with van der Waals surface area (Å²) in [6, 6.07) is 7.87. The van der Waals surface area contributed by atoms with Crippen LogP contribution in [0.15, 0.2) is 24.3 Å².